The van der Waals surface area contributed by atoms with Crippen molar-refractivity contribution in [3.8, 4) is 17.4 Å². The summed E-state index contributed by atoms with van der Waals surface area (Å²) in [6.07, 6.45) is 3.58. The van der Waals surface area contributed by atoms with Gasteiger partial charge >= 0.3 is 0 Å². The lowest BCUT2D eigenvalue weighted by atomic mass is 10.2. The van der Waals surface area contributed by atoms with Gasteiger partial charge in [0.25, 0.3) is 5.56 Å². The van der Waals surface area contributed by atoms with Crippen molar-refractivity contribution in [2.75, 3.05) is 26.8 Å². The van der Waals surface area contributed by atoms with Gasteiger partial charge in [-0.05, 0) is 12.5 Å². The molecule has 1 aromatic carbocycles. The van der Waals surface area contributed by atoms with Crippen LogP contribution in [0.1, 0.15) is 12.8 Å². The number of carbonyl (C=O) groups excluding carboxylic acids is 1. The number of methoxy groups -OCH3 is 3. The highest BCUT2D eigenvalue weighted by Crippen LogP contribution is 2.29. The fourth-order valence-corrected chi connectivity index (χ4v) is 2.76. The average molecular weight is 414 g/mol. The molecular weight excluding hydrogens is 392 g/mol. The van der Waals surface area contributed by atoms with Gasteiger partial charge in [-0.1, -0.05) is 0 Å². The summed E-state index contributed by atoms with van der Waals surface area (Å²) in [6.45, 7) is 0.333. The van der Waals surface area contributed by atoms with E-state index in [4.69, 9.17) is 14.2 Å². The summed E-state index contributed by atoms with van der Waals surface area (Å²) in [5, 5.41) is 0.413. The Morgan fingerprint density at radius 3 is 2.60 bits per heavy atom. The summed E-state index contributed by atoms with van der Waals surface area (Å²) in [5.41, 5.74) is 5.41. The number of benzene rings is 1. The van der Waals surface area contributed by atoms with Gasteiger partial charge in [-0.2, -0.15) is 4.98 Å². The predicted molar refractivity (Wildman–Crippen MR) is 109 cm³/mol. The second-order valence-electron chi connectivity index (χ2n) is 6.17. The van der Waals surface area contributed by atoms with Crippen LogP contribution in [-0.2, 0) is 11.3 Å². The largest absolute Gasteiger partial charge is 0.493 e. The smallest absolute Gasteiger partial charge is 0.261 e. The molecule has 3 rings (SSSR count). The molecule has 2 aromatic heterocycles. The quantitative estimate of drug-likeness (QED) is 0.495. The molecule has 11 heteroatoms. The molecule has 0 atom stereocenters. The molecule has 30 heavy (non-hydrogen) atoms. The zero-order valence-corrected chi connectivity index (χ0v) is 16.8. The second kappa shape index (κ2) is 9.54. The number of hydrogen-bond donors (Lipinski definition) is 2. The van der Waals surface area contributed by atoms with Gasteiger partial charge in [0, 0.05) is 31.3 Å². The van der Waals surface area contributed by atoms with Crippen molar-refractivity contribution in [1.82, 2.24) is 24.9 Å². The Kier molecular flexibility index (Phi) is 6.63. The molecule has 0 saturated heterocycles. The van der Waals surface area contributed by atoms with Gasteiger partial charge in [0.05, 0.1) is 38.6 Å². The van der Waals surface area contributed by atoms with Gasteiger partial charge in [0.15, 0.2) is 11.5 Å². The lowest BCUT2D eigenvalue weighted by Crippen LogP contribution is -2.30. The summed E-state index contributed by atoms with van der Waals surface area (Å²) in [7, 11) is 4.51. The number of anilines is 1. The number of rotatable bonds is 9. The van der Waals surface area contributed by atoms with E-state index >= 15 is 0 Å². The van der Waals surface area contributed by atoms with Gasteiger partial charge < -0.3 is 14.2 Å². The third kappa shape index (κ3) is 4.74. The molecule has 1 amide bonds. The van der Waals surface area contributed by atoms with Crippen LogP contribution in [0, 0.1) is 0 Å². The van der Waals surface area contributed by atoms with E-state index in [1.807, 2.05) is 0 Å². The van der Waals surface area contributed by atoms with Crippen LogP contribution in [0.2, 0.25) is 0 Å². The summed E-state index contributed by atoms with van der Waals surface area (Å²) in [6, 6.07) is 4.85. The first-order valence-electron chi connectivity index (χ1n) is 9.08. The normalized spacial score (nSPS) is 10.5. The monoisotopic (exact) mass is 414 g/mol. The first-order chi connectivity index (χ1) is 14.5. The van der Waals surface area contributed by atoms with Crippen LogP contribution in [0.15, 0.2) is 35.5 Å². The summed E-state index contributed by atoms with van der Waals surface area (Å²) < 4.78 is 16.9. The molecular formula is C19H22N6O5. The van der Waals surface area contributed by atoms with Crippen molar-refractivity contribution in [2.45, 2.75) is 19.4 Å². The van der Waals surface area contributed by atoms with Crippen molar-refractivity contribution >= 4 is 22.8 Å². The van der Waals surface area contributed by atoms with Crippen LogP contribution >= 0.6 is 0 Å². The molecule has 0 aliphatic rings. The summed E-state index contributed by atoms with van der Waals surface area (Å²) >= 11 is 0. The van der Waals surface area contributed by atoms with Gasteiger partial charge in [-0.25, -0.2) is 9.97 Å². The Labute approximate surface area is 172 Å². The Balaban J connectivity index is 1.59. The summed E-state index contributed by atoms with van der Waals surface area (Å²) in [4.78, 5) is 37.0. The van der Waals surface area contributed by atoms with E-state index in [1.165, 1.54) is 38.4 Å². The van der Waals surface area contributed by atoms with Crippen molar-refractivity contribution in [2.24, 2.45) is 0 Å². The highest BCUT2D eigenvalue weighted by molar-refractivity contribution is 5.81. The van der Waals surface area contributed by atoms with Crippen LogP contribution in [0.25, 0.3) is 10.9 Å². The van der Waals surface area contributed by atoms with Crippen LogP contribution in [0.3, 0.4) is 0 Å². The second-order valence-corrected chi connectivity index (χ2v) is 6.17. The minimum absolute atomic E-state index is 0.188. The number of hydrazine groups is 1. The molecule has 158 valence electrons. The highest BCUT2D eigenvalue weighted by Gasteiger charge is 2.11. The minimum atomic E-state index is -0.269. The summed E-state index contributed by atoms with van der Waals surface area (Å²) in [5.74, 6) is 1.27. The van der Waals surface area contributed by atoms with E-state index in [1.54, 1.807) is 18.2 Å². The highest BCUT2D eigenvalue weighted by atomic mass is 16.5. The molecule has 0 fully saturated rings. The van der Waals surface area contributed by atoms with E-state index in [0.29, 0.717) is 41.2 Å². The Morgan fingerprint density at radius 1 is 1.10 bits per heavy atom. The predicted octanol–water partition coefficient (Wildman–Crippen LogP) is 1.14. The number of aryl methyl sites for hydroxylation is 1. The number of nitrogens with one attached hydrogen (secondary N) is 2. The average Bonchev–Trinajstić information content (AvgIpc) is 2.78. The van der Waals surface area contributed by atoms with E-state index in [9.17, 15) is 9.59 Å². The van der Waals surface area contributed by atoms with E-state index < -0.39 is 0 Å². The lowest BCUT2D eigenvalue weighted by Gasteiger charge is -2.11. The lowest BCUT2D eigenvalue weighted by molar-refractivity contribution is -0.120. The number of amides is 1. The van der Waals surface area contributed by atoms with Gasteiger partial charge in [-0.3, -0.25) is 25.0 Å². The van der Waals surface area contributed by atoms with Gasteiger partial charge in [0.2, 0.25) is 17.7 Å². The number of ether oxygens (including phenoxy) is 3. The fourth-order valence-electron chi connectivity index (χ4n) is 2.76. The number of aromatic nitrogens is 4. The molecule has 0 spiro atoms. The molecule has 0 aliphatic heterocycles. The maximum absolute atomic E-state index is 12.7. The molecule has 0 bridgehead atoms. The van der Waals surface area contributed by atoms with E-state index in [2.05, 4.69) is 25.8 Å². The number of nitrogens with zero attached hydrogens (tertiary/aromatic N) is 4. The molecule has 2 heterocycles. The molecule has 2 N–H and O–H groups in total. The van der Waals surface area contributed by atoms with E-state index in [0.717, 1.165) is 0 Å². The molecule has 0 radical (unpaired) electrons. The Morgan fingerprint density at radius 2 is 1.87 bits per heavy atom. The topological polar surface area (TPSA) is 129 Å². The van der Waals surface area contributed by atoms with E-state index in [-0.39, 0.29) is 23.8 Å². The zero-order chi connectivity index (χ0) is 21.5. The first-order valence-corrected chi connectivity index (χ1v) is 9.08. The van der Waals surface area contributed by atoms with Crippen LogP contribution in [0.4, 0.5) is 5.95 Å². The van der Waals surface area contributed by atoms with Gasteiger partial charge in [0.1, 0.15) is 0 Å². The van der Waals surface area contributed by atoms with Crippen molar-refractivity contribution in [3.63, 3.8) is 0 Å². The third-order valence-corrected chi connectivity index (χ3v) is 4.29. The minimum Gasteiger partial charge on any atom is -0.493 e. The van der Waals surface area contributed by atoms with Crippen LogP contribution in [0.5, 0.6) is 17.4 Å². The Bertz CT molecular complexity index is 1100. The molecule has 11 nitrogen and oxygen atoms in total. The van der Waals surface area contributed by atoms with Crippen LogP contribution < -0.4 is 30.6 Å². The molecule has 0 saturated carbocycles. The number of hydrogen-bond acceptors (Lipinski definition) is 9. The van der Waals surface area contributed by atoms with Gasteiger partial charge in [-0.15, -0.1) is 0 Å². The van der Waals surface area contributed by atoms with Crippen molar-refractivity contribution < 1.29 is 19.0 Å². The first kappa shape index (κ1) is 20.8. The number of fused-ring (bicyclic) bond motifs is 1. The van der Waals surface area contributed by atoms with Crippen LogP contribution in [-0.4, -0.2) is 46.8 Å². The SMILES string of the molecule is COc1ccnc(NNC(=O)CCCn2cnc3cc(OC)c(OC)cc3c2=O)n1. The maximum atomic E-state index is 12.7. The number of carbonyl (C=O) groups is 1. The van der Waals surface area contributed by atoms with Crippen molar-refractivity contribution in [3.05, 3.63) is 41.1 Å². The third-order valence-electron chi connectivity index (χ3n) is 4.29. The standard InChI is InChI=1S/C19H22N6O5/c1-28-14-9-12-13(10-15(14)29-2)21-11-25(18(12)27)8-4-5-16(26)23-24-19-20-7-6-17(22-19)30-3/h6-7,9-11H,4-5,8H2,1-3H3,(H,23,26)(H,20,22,24). The maximum Gasteiger partial charge on any atom is 0.261 e. The zero-order valence-electron chi connectivity index (χ0n) is 16.8. The molecule has 0 aliphatic carbocycles. The van der Waals surface area contributed by atoms with Crippen molar-refractivity contribution in [1.29, 1.82) is 0 Å². The fraction of sp³-hybridized carbons (Fsp3) is 0.316. The Hall–Kier alpha value is -3.89. The molecule has 3 aromatic rings. The molecule has 0 unspecified atom stereocenters.